The van der Waals surface area contributed by atoms with E-state index in [4.69, 9.17) is 5.26 Å². The van der Waals surface area contributed by atoms with Crippen molar-refractivity contribution in [3.8, 4) is 6.07 Å². The number of nitrogens with one attached hydrogen (secondary N) is 1. The van der Waals surface area contributed by atoms with E-state index in [0.29, 0.717) is 5.56 Å². The zero-order valence-corrected chi connectivity index (χ0v) is 10.4. The van der Waals surface area contributed by atoms with Crippen LogP contribution >= 0.6 is 0 Å². The SMILES string of the molecule is Cc1ccc(S(=O)(=O)NCCC#N)cc1[N+](=O)[O-]. The smallest absolute Gasteiger partial charge is 0.258 e. The highest BCUT2D eigenvalue weighted by molar-refractivity contribution is 7.89. The molecule has 0 saturated heterocycles. The first-order chi connectivity index (χ1) is 8.38. The van der Waals surface area contributed by atoms with Gasteiger partial charge in [0.15, 0.2) is 0 Å². The summed E-state index contributed by atoms with van der Waals surface area (Å²) in [6.45, 7) is 1.50. The molecule has 0 unspecified atom stereocenters. The standard InChI is InChI=1S/C10H11N3O4S/c1-8-3-4-9(7-10(8)13(14)15)18(16,17)12-6-2-5-11/h3-4,7,12H,2,6H2,1H3. The monoisotopic (exact) mass is 269 g/mol. The molecule has 0 aliphatic rings. The van der Waals surface area contributed by atoms with Crippen LogP contribution in [0.25, 0.3) is 0 Å². The molecule has 0 fully saturated rings. The van der Waals surface area contributed by atoms with Gasteiger partial charge >= 0.3 is 0 Å². The molecular weight excluding hydrogens is 258 g/mol. The molecule has 1 N–H and O–H groups in total. The van der Waals surface area contributed by atoms with Gasteiger partial charge in [0.25, 0.3) is 5.69 Å². The quantitative estimate of drug-likeness (QED) is 0.488. The van der Waals surface area contributed by atoms with Gasteiger partial charge in [-0.2, -0.15) is 5.26 Å². The summed E-state index contributed by atoms with van der Waals surface area (Å²) >= 11 is 0. The third-order valence-corrected chi connectivity index (χ3v) is 3.68. The number of aryl methyl sites for hydroxylation is 1. The van der Waals surface area contributed by atoms with Crippen molar-refractivity contribution in [1.82, 2.24) is 4.72 Å². The van der Waals surface area contributed by atoms with Gasteiger partial charge in [-0.1, -0.05) is 6.07 Å². The maximum Gasteiger partial charge on any atom is 0.273 e. The molecule has 0 aromatic heterocycles. The van der Waals surface area contributed by atoms with Gasteiger partial charge in [0.1, 0.15) is 0 Å². The molecule has 0 saturated carbocycles. The molecule has 7 nitrogen and oxygen atoms in total. The first-order valence-corrected chi connectivity index (χ1v) is 6.48. The van der Waals surface area contributed by atoms with Gasteiger partial charge in [-0.3, -0.25) is 10.1 Å². The van der Waals surface area contributed by atoms with E-state index in [-0.39, 0.29) is 23.5 Å². The number of nitriles is 1. The van der Waals surface area contributed by atoms with Gasteiger partial charge in [0.05, 0.1) is 15.9 Å². The van der Waals surface area contributed by atoms with Gasteiger partial charge in [0, 0.05) is 24.6 Å². The molecule has 0 aliphatic carbocycles. The summed E-state index contributed by atoms with van der Waals surface area (Å²) in [5.74, 6) is 0. The fourth-order valence-corrected chi connectivity index (χ4v) is 2.33. The zero-order chi connectivity index (χ0) is 13.8. The summed E-state index contributed by atoms with van der Waals surface area (Å²) in [5.41, 5.74) is 0.133. The van der Waals surface area contributed by atoms with Gasteiger partial charge in [0.2, 0.25) is 10.0 Å². The zero-order valence-electron chi connectivity index (χ0n) is 9.58. The minimum absolute atomic E-state index is 0.0273. The number of rotatable bonds is 5. The maximum absolute atomic E-state index is 11.7. The Kier molecular flexibility index (Phi) is 4.36. The molecule has 1 rings (SSSR count). The Labute approximate surface area is 104 Å². The highest BCUT2D eigenvalue weighted by atomic mass is 32.2. The van der Waals surface area contributed by atoms with Crippen molar-refractivity contribution in [3.05, 3.63) is 33.9 Å². The molecule has 1 aromatic rings. The Bertz CT molecular complexity index is 604. The number of nitro benzene ring substituents is 1. The Hall–Kier alpha value is -1.98. The molecule has 96 valence electrons. The van der Waals surface area contributed by atoms with Crippen LogP contribution in [0.5, 0.6) is 0 Å². The van der Waals surface area contributed by atoms with Crippen LogP contribution < -0.4 is 4.72 Å². The number of nitro groups is 1. The molecule has 8 heteroatoms. The van der Waals surface area contributed by atoms with Crippen molar-refractivity contribution in [3.63, 3.8) is 0 Å². The van der Waals surface area contributed by atoms with Crippen LogP contribution in [-0.2, 0) is 10.0 Å². The first-order valence-electron chi connectivity index (χ1n) is 5.00. The summed E-state index contributed by atoms with van der Waals surface area (Å²) in [6, 6.07) is 5.46. The average molecular weight is 269 g/mol. The van der Waals surface area contributed by atoms with Gasteiger partial charge in [-0.15, -0.1) is 0 Å². The van der Waals surface area contributed by atoms with Crippen molar-refractivity contribution in [2.45, 2.75) is 18.2 Å². The highest BCUT2D eigenvalue weighted by Crippen LogP contribution is 2.21. The lowest BCUT2D eigenvalue weighted by atomic mass is 10.2. The van der Waals surface area contributed by atoms with Crippen LogP contribution in [0.4, 0.5) is 5.69 Å². The minimum Gasteiger partial charge on any atom is -0.258 e. The van der Waals surface area contributed by atoms with Crippen molar-refractivity contribution in [2.24, 2.45) is 0 Å². The number of benzene rings is 1. The Morgan fingerprint density at radius 2 is 2.17 bits per heavy atom. The van der Waals surface area contributed by atoms with Crippen LogP contribution in [0.2, 0.25) is 0 Å². The summed E-state index contributed by atoms with van der Waals surface area (Å²) in [6.07, 6.45) is 0.0349. The van der Waals surface area contributed by atoms with Crippen LogP contribution in [0.1, 0.15) is 12.0 Å². The maximum atomic E-state index is 11.7. The lowest BCUT2D eigenvalue weighted by Crippen LogP contribution is -2.24. The van der Waals surface area contributed by atoms with E-state index < -0.39 is 14.9 Å². The summed E-state index contributed by atoms with van der Waals surface area (Å²) < 4.78 is 25.7. The minimum atomic E-state index is -3.81. The van der Waals surface area contributed by atoms with Crippen LogP contribution in [0.3, 0.4) is 0 Å². The summed E-state index contributed by atoms with van der Waals surface area (Å²) in [4.78, 5) is 9.89. The average Bonchev–Trinajstić information content (AvgIpc) is 2.29. The van der Waals surface area contributed by atoms with Crippen molar-refractivity contribution >= 4 is 15.7 Å². The van der Waals surface area contributed by atoms with E-state index >= 15 is 0 Å². The lowest BCUT2D eigenvalue weighted by Gasteiger charge is -2.05. The second-order valence-corrected chi connectivity index (χ2v) is 5.28. The molecular formula is C10H11N3O4S. The number of nitrogens with zero attached hydrogens (tertiary/aromatic N) is 2. The van der Waals surface area contributed by atoms with E-state index in [0.717, 1.165) is 6.07 Å². The number of hydrogen-bond donors (Lipinski definition) is 1. The van der Waals surface area contributed by atoms with Crippen molar-refractivity contribution in [1.29, 1.82) is 5.26 Å². The van der Waals surface area contributed by atoms with E-state index in [1.165, 1.54) is 19.1 Å². The molecule has 0 heterocycles. The largest absolute Gasteiger partial charge is 0.273 e. The number of sulfonamides is 1. The Morgan fingerprint density at radius 3 is 2.72 bits per heavy atom. The Morgan fingerprint density at radius 1 is 1.50 bits per heavy atom. The molecule has 1 aromatic carbocycles. The first kappa shape index (κ1) is 14.1. The molecule has 0 radical (unpaired) electrons. The van der Waals surface area contributed by atoms with Crippen LogP contribution in [-0.4, -0.2) is 19.9 Å². The molecule has 0 bridgehead atoms. The van der Waals surface area contributed by atoms with E-state index in [1.807, 2.05) is 0 Å². The number of hydrogen-bond acceptors (Lipinski definition) is 5. The van der Waals surface area contributed by atoms with Gasteiger partial charge in [-0.25, -0.2) is 13.1 Å². The second kappa shape index (κ2) is 5.57. The predicted octanol–water partition coefficient (Wildman–Crippen LogP) is 1.10. The highest BCUT2D eigenvalue weighted by Gasteiger charge is 2.19. The fraction of sp³-hybridized carbons (Fsp3) is 0.300. The molecule has 0 aliphatic heterocycles. The van der Waals surface area contributed by atoms with Crippen molar-refractivity contribution in [2.75, 3.05) is 6.54 Å². The molecule has 0 atom stereocenters. The molecule has 18 heavy (non-hydrogen) atoms. The van der Waals surface area contributed by atoms with E-state index in [1.54, 1.807) is 6.07 Å². The Balaban J connectivity index is 3.07. The third-order valence-electron chi connectivity index (χ3n) is 2.22. The normalized spacial score (nSPS) is 10.9. The van der Waals surface area contributed by atoms with E-state index in [9.17, 15) is 18.5 Å². The van der Waals surface area contributed by atoms with Gasteiger partial charge < -0.3 is 0 Å². The lowest BCUT2D eigenvalue weighted by molar-refractivity contribution is -0.385. The molecule has 0 amide bonds. The summed E-state index contributed by atoms with van der Waals surface area (Å²) in [7, 11) is -3.81. The topological polar surface area (TPSA) is 113 Å². The second-order valence-electron chi connectivity index (χ2n) is 3.51. The fourth-order valence-electron chi connectivity index (χ4n) is 1.28. The van der Waals surface area contributed by atoms with Crippen molar-refractivity contribution < 1.29 is 13.3 Å². The van der Waals surface area contributed by atoms with Gasteiger partial charge in [-0.05, 0) is 13.0 Å². The van der Waals surface area contributed by atoms with Crippen LogP contribution in [0.15, 0.2) is 23.1 Å². The summed E-state index contributed by atoms with van der Waals surface area (Å²) in [5, 5.41) is 19.0. The van der Waals surface area contributed by atoms with Crippen LogP contribution in [0, 0.1) is 28.4 Å². The molecule has 0 spiro atoms. The van der Waals surface area contributed by atoms with E-state index in [2.05, 4.69) is 4.72 Å². The predicted molar refractivity (Wildman–Crippen MR) is 63.3 cm³/mol. The third kappa shape index (κ3) is 3.26.